The second-order valence-electron chi connectivity index (χ2n) is 7.10. The number of hydrogen-bond acceptors (Lipinski definition) is 3. The van der Waals surface area contributed by atoms with Crippen molar-refractivity contribution in [1.82, 2.24) is 15.1 Å². The Morgan fingerprint density at radius 3 is 2.41 bits per heavy atom. The number of nitrogens with one attached hydrogen (secondary N) is 2. The normalized spacial score (nSPS) is 14.6. The zero-order chi connectivity index (χ0) is 20.2. The van der Waals surface area contributed by atoms with Gasteiger partial charge in [-0.15, -0.1) is 0 Å². The molecule has 29 heavy (non-hydrogen) atoms. The van der Waals surface area contributed by atoms with Crippen molar-refractivity contribution < 1.29 is 9.59 Å². The summed E-state index contributed by atoms with van der Waals surface area (Å²) in [6, 6.07) is 19.0. The molecule has 148 valence electrons. The summed E-state index contributed by atoms with van der Waals surface area (Å²) >= 11 is 3.41. The van der Waals surface area contributed by atoms with Crippen LogP contribution in [-0.2, 0) is 4.79 Å². The van der Waals surface area contributed by atoms with Crippen molar-refractivity contribution in [3.05, 3.63) is 70.8 Å². The second-order valence-corrected chi connectivity index (χ2v) is 8.01. The van der Waals surface area contributed by atoms with Gasteiger partial charge < -0.3 is 10.2 Å². The predicted octanol–water partition coefficient (Wildman–Crippen LogP) is 4.33. The highest BCUT2D eigenvalue weighted by atomic mass is 79.9. The van der Waals surface area contributed by atoms with E-state index in [4.69, 9.17) is 0 Å². The summed E-state index contributed by atoms with van der Waals surface area (Å²) < 4.78 is 0.993. The fourth-order valence-corrected chi connectivity index (χ4v) is 3.75. The molecular formula is C22H21BrN4O2. The Bertz CT molecular complexity index is 993. The topological polar surface area (TPSA) is 78.1 Å². The molecule has 0 aliphatic carbocycles. The van der Waals surface area contributed by atoms with Crippen LogP contribution < -0.4 is 5.32 Å². The fraction of sp³-hybridized carbons (Fsp3) is 0.227. The Morgan fingerprint density at radius 2 is 1.72 bits per heavy atom. The minimum absolute atomic E-state index is 0.0161. The molecule has 1 aliphatic rings. The summed E-state index contributed by atoms with van der Waals surface area (Å²) in [6.45, 7) is 1.11. The van der Waals surface area contributed by atoms with Gasteiger partial charge in [-0.2, -0.15) is 5.10 Å². The van der Waals surface area contributed by atoms with E-state index in [1.165, 1.54) is 0 Å². The number of H-pyrrole nitrogens is 1. The van der Waals surface area contributed by atoms with Crippen molar-refractivity contribution in [1.29, 1.82) is 0 Å². The van der Waals surface area contributed by atoms with Crippen molar-refractivity contribution >= 4 is 33.4 Å². The number of benzene rings is 2. The molecule has 1 saturated heterocycles. The van der Waals surface area contributed by atoms with E-state index in [1.54, 1.807) is 11.0 Å². The number of carbonyl (C=O) groups excluding carboxylic acids is 2. The summed E-state index contributed by atoms with van der Waals surface area (Å²) in [7, 11) is 0. The van der Waals surface area contributed by atoms with Crippen LogP contribution in [0.1, 0.15) is 23.3 Å². The van der Waals surface area contributed by atoms with Gasteiger partial charge in [0, 0.05) is 34.7 Å². The third-order valence-electron chi connectivity index (χ3n) is 5.14. The van der Waals surface area contributed by atoms with Gasteiger partial charge in [-0.1, -0.05) is 46.3 Å². The van der Waals surface area contributed by atoms with Crippen LogP contribution in [0, 0.1) is 5.92 Å². The molecule has 6 nitrogen and oxygen atoms in total. The molecule has 7 heteroatoms. The van der Waals surface area contributed by atoms with E-state index in [2.05, 4.69) is 31.4 Å². The van der Waals surface area contributed by atoms with Gasteiger partial charge in [-0.05, 0) is 43.2 Å². The lowest BCUT2D eigenvalue weighted by Crippen LogP contribution is -2.41. The Labute approximate surface area is 177 Å². The Morgan fingerprint density at radius 1 is 1.03 bits per heavy atom. The van der Waals surface area contributed by atoms with Crippen molar-refractivity contribution in [2.24, 2.45) is 5.92 Å². The third kappa shape index (κ3) is 4.56. The number of rotatable bonds is 4. The number of carbonyl (C=O) groups is 2. The van der Waals surface area contributed by atoms with Crippen molar-refractivity contribution in [2.45, 2.75) is 12.8 Å². The fourth-order valence-electron chi connectivity index (χ4n) is 3.48. The Hall–Kier alpha value is -2.93. The van der Waals surface area contributed by atoms with E-state index in [0.29, 0.717) is 31.6 Å². The largest absolute Gasteiger partial charge is 0.337 e. The molecule has 4 rings (SSSR count). The molecule has 0 bridgehead atoms. The van der Waals surface area contributed by atoms with Gasteiger partial charge >= 0.3 is 0 Å². The van der Waals surface area contributed by atoms with E-state index < -0.39 is 0 Å². The molecule has 2 aromatic carbocycles. The lowest BCUT2D eigenvalue weighted by molar-refractivity contribution is -0.121. The van der Waals surface area contributed by atoms with Crippen LogP contribution in [0.2, 0.25) is 0 Å². The first-order chi connectivity index (χ1) is 14.1. The second kappa shape index (κ2) is 8.61. The maximum Gasteiger partial charge on any atom is 0.271 e. The number of nitrogens with zero attached hydrogens (tertiary/aromatic N) is 2. The molecule has 2 N–H and O–H groups in total. The number of anilines is 1. The lowest BCUT2D eigenvalue weighted by Gasteiger charge is -2.31. The van der Waals surface area contributed by atoms with Crippen LogP contribution in [0.15, 0.2) is 65.1 Å². The molecule has 1 aromatic heterocycles. The molecule has 0 atom stereocenters. The average molecular weight is 453 g/mol. The first-order valence-electron chi connectivity index (χ1n) is 9.57. The molecule has 0 radical (unpaired) electrons. The Kier molecular flexibility index (Phi) is 5.76. The van der Waals surface area contributed by atoms with E-state index >= 15 is 0 Å². The molecule has 0 spiro atoms. The number of likely N-dealkylation sites (tertiary alicyclic amines) is 1. The monoisotopic (exact) mass is 452 g/mol. The quantitative estimate of drug-likeness (QED) is 0.618. The summed E-state index contributed by atoms with van der Waals surface area (Å²) in [5, 5.41) is 10.1. The molecule has 0 saturated carbocycles. The molecule has 1 aliphatic heterocycles. The summed E-state index contributed by atoms with van der Waals surface area (Å²) in [6.07, 6.45) is 1.30. The van der Waals surface area contributed by atoms with Crippen LogP contribution in [-0.4, -0.2) is 40.0 Å². The van der Waals surface area contributed by atoms with Gasteiger partial charge in [0.15, 0.2) is 0 Å². The van der Waals surface area contributed by atoms with Crippen LogP contribution in [0.5, 0.6) is 0 Å². The van der Waals surface area contributed by atoms with Gasteiger partial charge in [-0.25, -0.2) is 0 Å². The highest BCUT2D eigenvalue weighted by Gasteiger charge is 2.28. The van der Waals surface area contributed by atoms with Crippen LogP contribution in [0.4, 0.5) is 5.69 Å². The maximum absolute atomic E-state index is 12.8. The zero-order valence-corrected chi connectivity index (χ0v) is 17.4. The summed E-state index contributed by atoms with van der Waals surface area (Å²) in [5.74, 6) is -0.149. The number of halogens is 1. The van der Waals surface area contributed by atoms with Crippen LogP contribution in [0.3, 0.4) is 0 Å². The minimum Gasteiger partial charge on any atom is -0.337 e. The van der Waals surface area contributed by atoms with Crippen LogP contribution in [0.25, 0.3) is 11.3 Å². The number of piperidine rings is 1. The molecule has 0 unspecified atom stereocenters. The standard InChI is InChI=1S/C22H21BrN4O2/c23-17-8-6-15(7-9-17)19-14-20(26-25-19)22(29)27-12-10-16(11-13-27)21(28)24-18-4-2-1-3-5-18/h1-9,14,16H,10-13H2,(H,24,28)(H,25,26). The lowest BCUT2D eigenvalue weighted by atomic mass is 9.95. The number of hydrogen-bond donors (Lipinski definition) is 2. The van der Waals surface area contributed by atoms with Gasteiger partial charge in [0.05, 0.1) is 5.69 Å². The number of amides is 2. The van der Waals surface area contributed by atoms with E-state index in [0.717, 1.165) is 21.4 Å². The maximum atomic E-state index is 12.8. The number of aromatic amines is 1. The van der Waals surface area contributed by atoms with Gasteiger partial charge in [0.1, 0.15) is 5.69 Å². The smallest absolute Gasteiger partial charge is 0.271 e. The number of para-hydroxylation sites is 1. The van der Waals surface area contributed by atoms with Crippen molar-refractivity contribution in [3.8, 4) is 11.3 Å². The summed E-state index contributed by atoms with van der Waals surface area (Å²) in [4.78, 5) is 27.1. The van der Waals surface area contributed by atoms with Crippen molar-refractivity contribution in [3.63, 3.8) is 0 Å². The average Bonchev–Trinajstić information content (AvgIpc) is 3.25. The first-order valence-corrected chi connectivity index (χ1v) is 10.4. The van der Waals surface area contributed by atoms with E-state index in [9.17, 15) is 9.59 Å². The predicted molar refractivity (Wildman–Crippen MR) is 115 cm³/mol. The molecule has 3 aromatic rings. The molecular weight excluding hydrogens is 432 g/mol. The highest BCUT2D eigenvalue weighted by molar-refractivity contribution is 9.10. The third-order valence-corrected chi connectivity index (χ3v) is 5.67. The van der Waals surface area contributed by atoms with Crippen molar-refractivity contribution in [2.75, 3.05) is 18.4 Å². The SMILES string of the molecule is O=C(Nc1ccccc1)C1CCN(C(=O)c2cc(-c3ccc(Br)cc3)n[nH]2)CC1. The van der Waals surface area contributed by atoms with Gasteiger partial charge in [-0.3, -0.25) is 14.7 Å². The first kappa shape index (κ1) is 19.4. The van der Waals surface area contributed by atoms with Gasteiger partial charge in [0.25, 0.3) is 5.91 Å². The van der Waals surface area contributed by atoms with Crippen LogP contribution >= 0.6 is 15.9 Å². The highest BCUT2D eigenvalue weighted by Crippen LogP contribution is 2.23. The molecule has 2 heterocycles. The number of aromatic nitrogens is 2. The van der Waals surface area contributed by atoms with E-state index in [1.807, 2.05) is 54.6 Å². The summed E-state index contributed by atoms with van der Waals surface area (Å²) in [5.41, 5.74) is 2.95. The zero-order valence-electron chi connectivity index (χ0n) is 15.8. The van der Waals surface area contributed by atoms with Gasteiger partial charge in [0.2, 0.25) is 5.91 Å². The minimum atomic E-state index is -0.0839. The Balaban J connectivity index is 1.34. The van der Waals surface area contributed by atoms with E-state index in [-0.39, 0.29) is 17.7 Å². The molecule has 2 amide bonds. The molecule has 1 fully saturated rings.